The number of carboxylic acids is 1. The summed E-state index contributed by atoms with van der Waals surface area (Å²) in [5.74, 6) is -0.366. The minimum atomic E-state index is -0.977. The van der Waals surface area contributed by atoms with Gasteiger partial charge in [-0.2, -0.15) is 0 Å². The number of carboxylic acid groups (broad SMARTS) is 1. The highest BCUT2D eigenvalue weighted by Gasteiger charge is 2.13. The third-order valence-corrected chi connectivity index (χ3v) is 3.56. The van der Waals surface area contributed by atoms with E-state index in [1.807, 2.05) is 31.2 Å². The van der Waals surface area contributed by atoms with Crippen LogP contribution in [0.2, 0.25) is 0 Å². The van der Waals surface area contributed by atoms with E-state index in [1.54, 1.807) is 31.4 Å². The number of carbonyl (C=O) groups is 1. The van der Waals surface area contributed by atoms with Crippen molar-refractivity contribution < 1.29 is 14.6 Å². The number of aryl methyl sites for hydroxylation is 1. The molecule has 3 rings (SSSR count). The van der Waals surface area contributed by atoms with Gasteiger partial charge in [-0.1, -0.05) is 23.8 Å². The maximum atomic E-state index is 11.6. The second-order valence-corrected chi connectivity index (χ2v) is 5.11. The quantitative estimate of drug-likeness (QED) is 0.795. The van der Waals surface area contributed by atoms with E-state index in [2.05, 4.69) is 4.98 Å². The first-order valence-corrected chi connectivity index (χ1v) is 6.87. The number of methoxy groups -OCH3 is 1. The van der Waals surface area contributed by atoms with Gasteiger partial charge in [0.1, 0.15) is 5.75 Å². The minimum absolute atomic E-state index is 0.223. The number of hydrogen-bond donors (Lipinski definition) is 1. The molecule has 0 unspecified atom stereocenters. The largest absolute Gasteiger partial charge is 0.497 e. The van der Waals surface area contributed by atoms with Crippen LogP contribution in [0.25, 0.3) is 22.2 Å². The second-order valence-electron chi connectivity index (χ2n) is 5.11. The van der Waals surface area contributed by atoms with Crippen molar-refractivity contribution in [2.24, 2.45) is 0 Å². The molecule has 4 nitrogen and oxygen atoms in total. The fraction of sp³-hybridized carbons (Fsp3) is 0.111. The Morgan fingerprint density at radius 3 is 2.64 bits per heavy atom. The standard InChI is InChI=1S/C18H15NO3/c1-11-4-3-5-12(8-11)17-10-15(18(20)21)14-9-13(22-2)6-7-16(14)19-17/h3-10H,1-2H3,(H,20,21). The van der Waals surface area contributed by atoms with E-state index in [0.29, 0.717) is 22.3 Å². The highest BCUT2D eigenvalue weighted by Crippen LogP contribution is 2.28. The van der Waals surface area contributed by atoms with Crippen LogP contribution >= 0.6 is 0 Å². The van der Waals surface area contributed by atoms with Crippen molar-refractivity contribution in [3.63, 3.8) is 0 Å². The Balaban J connectivity index is 2.28. The second kappa shape index (κ2) is 5.48. The third kappa shape index (κ3) is 2.51. The molecule has 2 aromatic carbocycles. The zero-order valence-electron chi connectivity index (χ0n) is 12.3. The lowest BCUT2D eigenvalue weighted by Gasteiger charge is -2.09. The van der Waals surface area contributed by atoms with Crippen LogP contribution in [0.5, 0.6) is 5.75 Å². The molecule has 0 bridgehead atoms. The Hall–Kier alpha value is -2.88. The molecule has 0 fully saturated rings. The minimum Gasteiger partial charge on any atom is -0.497 e. The number of benzene rings is 2. The summed E-state index contributed by atoms with van der Waals surface area (Å²) in [5, 5.41) is 10.1. The van der Waals surface area contributed by atoms with E-state index in [9.17, 15) is 9.90 Å². The van der Waals surface area contributed by atoms with Gasteiger partial charge in [0.05, 0.1) is 23.9 Å². The fourth-order valence-corrected chi connectivity index (χ4v) is 2.46. The van der Waals surface area contributed by atoms with Gasteiger partial charge in [0.15, 0.2) is 0 Å². The molecule has 0 amide bonds. The van der Waals surface area contributed by atoms with Crippen LogP contribution in [0.15, 0.2) is 48.5 Å². The Labute approximate surface area is 128 Å². The molecule has 0 aliphatic heterocycles. The number of ether oxygens (including phenoxy) is 1. The first-order chi connectivity index (χ1) is 10.6. The van der Waals surface area contributed by atoms with Gasteiger partial charge in [-0.25, -0.2) is 9.78 Å². The molecule has 110 valence electrons. The molecule has 3 aromatic rings. The Morgan fingerprint density at radius 2 is 1.95 bits per heavy atom. The van der Waals surface area contributed by atoms with Crippen LogP contribution in [-0.4, -0.2) is 23.2 Å². The van der Waals surface area contributed by atoms with Crippen LogP contribution in [0.1, 0.15) is 15.9 Å². The summed E-state index contributed by atoms with van der Waals surface area (Å²) in [5.41, 5.74) is 3.52. The van der Waals surface area contributed by atoms with Crippen molar-refractivity contribution in [3.8, 4) is 17.0 Å². The van der Waals surface area contributed by atoms with Crippen LogP contribution in [0.4, 0.5) is 0 Å². The van der Waals surface area contributed by atoms with Crippen molar-refractivity contribution in [2.45, 2.75) is 6.92 Å². The molecule has 0 saturated heterocycles. The molecule has 0 spiro atoms. The topological polar surface area (TPSA) is 59.4 Å². The van der Waals surface area contributed by atoms with Crippen LogP contribution in [0.3, 0.4) is 0 Å². The maximum absolute atomic E-state index is 11.6. The van der Waals surface area contributed by atoms with Gasteiger partial charge in [0.2, 0.25) is 0 Å². The normalized spacial score (nSPS) is 10.6. The van der Waals surface area contributed by atoms with Crippen molar-refractivity contribution in [1.82, 2.24) is 4.98 Å². The van der Waals surface area contributed by atoms with Gasteiger partial charge in [0, 0.05) is 10.9 Å². The predicted molar refractivity (Wildman–Crippen MR) is 85.4 cm³/mol. The van der Waals surface area contributed by atoms with E-state index in [4.69, 9.17) is 4.74 Å². The van der Waals surface area contributed by atoms with Crippen molar-refractivity contribution in [3.05, 3.63) is 59.7 Å². The lowest BCUT2D eigenvalue weighted by Crippen LogP contribution is -2.00. The van der Waals surface area contributed by atoms with Crippen LogP contribution in [0, 0.1) is 6.92 Å². The number of rotatable bonds is 3. The molecular weight excluding hydrogens is 278 g/mol. The lowest BCUT2D eigenvalue weighted by atomic mass is 10.0. The smallest absolute Gasteiger partial charge is 0.336 e. The number of aromatic nitrogens is 1. The molecule has 0 radical (unpaired) electrons. The molecule has 0 aliphatic rings. The summed E-state index contributed by atoms with van der Waals surface area (Å²) in [6.07, 6.45) is 0. The molecule has 1 heterocycles. The fourth-order valence-electron chi connectivity index (χ4n) is 2.46. The van der Waals surface area contributed by atoms with E-state index < -0.39 is 5.97 Å². The van der Waals surface area contributed by atoms with Gasteiger partial charge < -0.3 is 9.84 Å². The number of fused-ring (bicyclic) bond motifs is 1. The molecule has 1 N–H and O–H groups in total. The summed E-state index contributed by atoms with van der Waals surface area (Å²) in [4.78, 5) is 16.2. The number of pyridine rings is 1. The molecule has 1 aromatic heterocycles. The SMILES string of the molecule is COc1ccc2nc(-c3cccc(C)c3)cc(C(=O)O)c2c1. The zero-order chi connectivity index (χ0) is 15.7. The summed E-state index contributed by atoms with van der Waals surface area (Å²) in [6, 6.07) is 14.7. The zero-order valence-corrected chi connectivity index (χ0v) is 12.3. The summed E-state index contributed by atoms with van der Waals surface area (Å²) < 4.78 is 5.17. The van der Waals surface area contributed by atoms with E-state index in [1.165, 1.54) is 0 Å². The van der Waals surface area contributed by atoms with Gasteiger partial charge in [-0.15, -0.1) is 0 Å². The van der Waals surface area contributed by atoms with Gasteiger partial charge in [-0.05, 0) is 37.3 Å². The summed E-state index contributed by atoms with van der Waals surface area (Å²) >= 11 is 0. The third-order valence-electron chi connectivity index (χ3n) is 3.56. The number of nitrogens with zero attached hydrogens (tertiary/aromatic N) is 1. The number of aromatic carboxylic acids is 1. The van der Waals surface area contributed by atoms with Gasteiger partial charge in [0.25, 0.3) is 0 Å². The molecule has 0 saturated carbocycles. The van der Waals surface area contributed by atoms with Crippen LogP contribution in [-0.2, 0) is 0 Å². The first kappa shape index (κ1) is 14.1. The van der Waals surface area contributed by atoms with Gasteiger partial charge in [-0.3, -0.25) is 0 Å². The average molecular weight is 293 g/mol. The first-order valence-electron chi connectivity index (χ1n) is 6.87. The van der Waals surface area contributed by atoms with Crippen molar-refractivity contribution in [1.29, 1.82) is 0 Å². The molecule has 0 aliphatic carbocycles. The molecular formula is C18H15NO3. The highest BCUT2D eigenvalue weighted by molar-refractivity contribution is 6.04. The molecule has 4 heteroatoms. The Morgan fingerprint density at radius 1 is 1.14 bits per heavy atom. The average Bonchev–Trinajstić information content (AvgIpc) is 2.53. The van der Waals surface area contributed by atoms with Crippen molar-refractivity contribution in [2.75, 3.05) is 7.11 Å². The van der Waals surface area contributed by atoms with Crippen LogP contribution < -0.4 is 4.74 Å². The number of hydrogen-bond acceptors (Lipinski definition) is 3. The maximum Gasteiger partial charge on any atom is 0.336 e. The van der Waals surface area contributed by atoms with E-state index in [0.717, 1.165) is 11.1 Å². The monoisotopic (exact) mass is 293 g/mol. The van der Waals surface area contributed by atoms with Crippen molar-refractivity contribution >= 4 is 16.9 Å². The predicted octanol–water partition coefficient (Wildman–Crippen LogP) is 3.92. The summed E-state index contributed by atoms with van der Waals surface area (Å²) in [6.45, 7) is 1.99. The highest BCUT2D eigenvalue weighted by atomic mass is 16.5. The van der Waals surface area contributed by atoms with E-state index in [-0.39, 0.29) is 5.56 Å². The molecule has 22 heavy (non-hydrogen) atoms. The Bertz CT molecular complexity index is 871. The van der Waals surface area contributed by atoms with E-state index >= 15 is 0 Å². The molecule has 0 atom stereocenters. The van der Waals surface area contributed by atoms with Gasteiger partial charge >= 0.3 is 5.97 Å². The Kier molecular flexibility index (Phi) is 3.51. The summed E-state index contributed by atoms with van der Waals surface area (Å²) in [7, 11) is 1.55. The lowest BCUT2D eigenvalue weighted by molar-refractivity contribution is 0.0699.